The standard InChI is InChI=1S/C17H29N5O.2ClH/c1-13-19-16-4-8-18-7-3-15(16)17(20-13)22-9-5-14(6-10-22)21(2)11-12-23;;/h14,18,23H,3-12H2,1-2H3;2*1H. The smallest absolute Gasteiger partial charge is 0.135 e. The molecule has 1 aromatic rings. The molecule has 6 nitrogen and oxygen atoms in total. The van der Waals surface area contributed by atoms with Crippen LogP contribution in [0.15, 0.2) is 0 Å². The van der Waals surface area contributed by atoms with E-state index in [-0.39, 0.29) is 31.4 Å². The van der Waals surface area contributed by atoms with E-state index < -0.39 is 0 Å². The second kappa shape index (κ2) is 10.5. The fourth-order valence-electron chi connectivity index (χ4n) is 3.77. The minimum Gasteiger partial charge on any atom is -0.395 e. The van der Waals surface area contributed by atoms with Gasteiger partial charge in [-0.2, -0.15) is 0 Å². The van der Waals surface area contributed by atoms with E-state index in [1.807, 2.05) is 6.92 Å². The molecule has 1 saturated heterocycles. The summed E-state index contributed by atoms with van der Waals surface area (Å²) in [4.78, 5) is 14.2. The first kappa shape index (κ1) is 22.4. The Hall–Kier alpha value is -0.660. The van der Waals surface area contributed by atoms with Crippen LogP contribution in [0.25, 0.3) is 0 Å². The number of aromatic nitrogens is 2. The van der Waals surface area contributed by atoms with E-state index in [9.17, 15) is 0 Å². The van der Waals surface area contributed by atoms with Gasteiger partial charge in [0.2, 0.25) is 0 Å². The molecule has 0 bridgehead atoms. The van der Waals surface area contributed by atoms with Gasteiger partial charge < -0.3 is 20.2 Å². The number of aliphatic hydroxyl groups is 1. The van der Waals surface area contributed by atoms with Gasteiger partial charge >= 0.3 is 0 Å². The number of nitrogens with zero attached hydrogens (tertiary/aromatic N) is 4. The van der Waals surface area contributed by atoms with Crippen molar-refractivity contribution < 1.29 is 5.11 Å². The molecule has 2 aliphatic heterocycles. The molecule has 0 aliphatic carbocycles. The van der Waals surface area contributed by atoms with E-state index in [0.717, 1.165) is 64.2 Å². The number of aryl methyl sites for hydroxylation is 1. The number of aliphatic hydroxyl groups excluding tert-OH is 1. The number of rotatable bonds is 4. The van der Waals surface area contributed by atoms with Gasteiger partial charge in [0.1, 0.15) is 11.6 Å². The molecule has 0 amide bonds. The largest absolute Gasteiger partial charge is 0.395 e. The number of likely N-dealkylation sites (N-methyl/N-ethyl adjacent to an activating group) is 1. The highest BCUT2D eigenvalue weighted by atomic mass is 35.5. The molecule has 0 aromatic carbocycles. The molecular formula is C17H31Cl2N5O. The molecule has 0 radical (unpaired) electrons. The molecule has 0 unspecified atom stereocenters. The fraction of sp³-hybridized carbons (Fsp3) is 0.765. The predicted octanol–water partition coefficient (Wildman–Crippen LogP) is 1.21. The molecule has 2 N–H and O–H groups in total. The van der Waals surface area contributed by atoms with Crippen molar-refractivity contribution in [2.45, 2.75) is 38.6 Å². The topological polar surface area (TPSA) is 64.5 Å². The Labute approximate surface area is 163 Å². The van der Waals surface area contributed by atoms with Crippen molar-refractivity contribution in [1.82, 2.24) is 20.2 Å². The van der Waals surface area contributed by atoms with E-state index in [0.29, 0.717) is 6.04 Å². The van der Waals surface area contributed by atoms with Gasteiger partial charge in [-0.1, -0.05) is 0 Å². The number of anilines is 1. The second-order valence-corrected chi connectivity index (χ2v) is 6.69. The Bertz CT molecular complexity index is 538. The molecule has 1 aromatic heterocycles. The lowest BCUT2D eigenvalue weighted by Crippen LogP contribution is -2.44. The zero-order valence-corrected chi connectivity index (χ0v) is 16.8. The first-order valence-electron chi connectivity index (χ1n) is 8.82. The molecular weight excluding hydrogens is 361 g/mol. The second-order valence-electron chi connectivity index (χ2n) is 6.69. The highest BCUT2D eigenvalue weighted by Gasteiger charge is 2.26. The molecule has 2 aliphatic rings. The summed E-state index contributed by atoms with van der Waals surface area (Å²) in [7, 11) is 2.11. The van der Waals surface area contributed by atoms with E-state index in [2.05, 4.69) is 27.1 Å². The van der Waals surface area contributed by atoms with Crippen LogP contribution in [0.3, 0.4) is 0 Å². The monoisotopic (exact) mass is 391 g/mol. The molecule has 144 valence electrons. The van der Waals surface area contributed by atoms with Gasteiger partial charge in [0, 0.05) is 44.2 Å². The normalized spacial score (nSPS) is 18.2. The van der Waals surface area contributed by atoms with Gasteiger partial charge in [0.25, 0.3) is 0 Å². The average Bonchev–Trinajstić information content (AvgIpc) is 2.80. The zero-order valence-electron chi connectivity index (χ0n) is 15.2. The number of nitrogens with one attached hydrogen (secondary N) is 1. The van der Waals surface area contributed by atoms with Crippen LogP contribution in [0.2, 0.25) is 0 Å². The van der Waals surface area contributed by atoms with Crippen LogP contribution in [0.4, 0.5) is 5.82 Å². The zero-order chi connectivity index (χ0) is 16.2. The SMILES string of the molecule is Cc1nc2c(c(N3CCC(N(C)CCO)CC3)n1)CCNCC2.Cl.Cl. The summed E-state index contributed by atoms with van der Waals surface area (Å²) in [6.07, 6.45) is 4.29. The summed E-state index contributed by atoms with van der Waals surface area (Å²) in [5, 5.41) is 12.6. The van der Waals surface area contributed by atoms with Crippen LogP contribution < -0.4 is 10.2 Å². The molecule has 0 spiro atoms. The van der Waals surface area contributed by atoms with Crippen molar-refractivity contribution in [3.05, 3.63) is 17.1 Å². The predicted molar refractivity (Wildman–Crippen MR) is 106 cm³/mol. The van der Waals surface area contributed by atoms with Gasteiger partial charge in [0.05, 0.1) is 12.3 Å². The third kappa shape index (κ3) is 5.41. The van der Waals surface area contributed by atoms with E-state index in [1.54, 1.807) is 0 Å². The summed E-state index contributed by atoms with van der Waals surface area (Å²) in [6, 6.07) is 0.571. The number of hydrogen-bond donors (Lipinski definition) is 2. The van der Waals surface area contributed by atoms with E-state index in [1.165, 1.54) is 17.1 Å². The molecule has 0 saturated carbocycles. The van der Waals surface area contributed by atoms with Gasteiger partial charge in [0.15, 0.2) is 0 Å². The van der Waals surface area contributed by atoms with Gasteiger partial charge in [-0.05, 0) is 39.8 Å². The lowest BCUT2D eigenvalue weighted by atomic mass is 10.0. The average molecular weight is 392 g/mol. The van der Waals surface area contributed by atoms with Crippen LogP contribution in [0.1, 0.15) is 29.9 Å². The number of halogens is 2. The summed E-state index contributed by atoms with van der Waals surface area (Å²) >= 11 is 0. The third-order valence-electron chi connectivity index (χ3n) is 5.11. The van der Waals surface area contributed by atoms with Crippen LogP contribution in [-0.4, -0.2) is 72.4 Å². The maximum absolute atomic E-state index is 9.11. The Morgan fingerprint density at radius 2 is 1.84 bits per heavy atom. The third-order valence-corrected chi connectivity index (χ3v) is 5.11. The number of piperidine rings is 1. The van der Waals surface area contributed by atoms with Crippen molar-refractivity contribution in [3.8, 4) is 0 Å². The Morgan fingerprint density at radius 3 is 2.52 bits per heavy atom. The minimum absolute atomic E-state index is 0. The molecule has 8 heteroatoms. The number of fused-ring (bicyclic) bond motifs is 1. The summed E-state index contributed by atoms with van der Waals surface area (Å²) in [5.74, 6) is 2.06. The summed E-state index contributed by atoms with van der Waals surface area (Å²) < 4.78 is 0. The first-order valence-corrected chi connectivity index (χ1v) is 8.82. The van der Waals surface area contributed by atoms with Crippen molar-refractivity contribution in [3.63, 3.8) is 0 Å². The lowest BCUT2D eigenvalue weighted by molar-refractivity contribution is 0.161. The van der Waals surface area contributed by atoms with Gasteiger partial charge in [-0.3, -0.25) is 0 Å². The molecule has 1 fully saturated rings. The Balaban J connectivity index is 0.00000156. The molecule has 25 heavy (non-hydrogen) atoms. The highest BCUT2D eigenvalue weighted by Crippen LogP contribution is 2.27. The highest BCUT2D eigenvalue weighted by molar-refractivity contribution is 5.85. The minimum atomic E-state index is 0. The quantitative estimate of drug-likeness (QED) is 0.803. The summed E-state index contributed by atoms with van der Waals surface area (Å²) in [5.41, 5.74) is 2.58. The van der Waals surface area contributed by atoms with E-state index >= 15 is 0 Å². The first-order chi connectivity index (χ1) is 11.2. The molecule has 0 atom stereocenters. The number of hydrogen-bond acceptors (Lipinski definition) is 6. The van der Waals surface area contributed by atoms with Crippen LogP contribution in [0.5, 0.6) is 0 Å². The van der Waals surface area contributed by atoms with Crippen LogP contribution >= 0.6 is 24.8 Å². The Morgan fingerprint density at radius 1 is 1.16 bits per heavy atom. The van der Waals surface area contributed by atoms with Crippen molar-refractivity contribution in [2.24, 2.45) is 0 Å². The Kier molecular flexibility index (Phi) is 9.38. The molecule has 3 rings (SSSR count). The fourth-order valence-corrected chi connectivity index (χ4v) is 3.77. The van der Waals surface area contributed by atoms with Crippen LogP contribution in [-0.2, 0) is 12.8 Å². The maximum Gasteiger partial charge on any atom is 0.135 e. The van der Waals surface area contributed by atoms with Crippen LogP contribution in [0, 0.1) is 6.92 Å². The van der Waals surface area contributed by atoms with Crippen molar-refractivity contribution in [1.29, 1.82) is 0 Å². The lowest BCUT2D eigenvalue weighted by Gasteiger charge is -2.38. The molecule has 3 heterocycles. The van der Waals surface area contributed by atoms with Gasteiger partial charge in [-0.25, -0.2) is 9.97 Å². The maximum atomic E-state index is 9.11. The summed E-state index contributed by atoms with van der Waals surface area (Å²) in [6.45, 7) is 7.11. The van der Waals surface area contributed by atoms with E-state index in [4.69, 9.17) is 10.1 Å². The van der Waals surface area contributed by atoms with Crippen molar-refractivity contribution >= 4 is 30.6 Å². The van der Waals surface area contributed by atoms with Crippen molar-refractivity contribution in [2.75, 3.05) is 51.3 Å². The van der Waals surface area contributed by atoms with Gasteiger partial charge in [-0.15, -0.1) is 24.8 Å².